The lowest BCUT2D eigenvalue weighted by Gasteiger charge is -2.37. The van der Waals surface area contributed by atoms with Crippen molar-refractivity contribution in [1.82, 2.24) is 4.90 Å². The smallest absolute Gasteiger partial charge is 0.369 e. The van der Waals surface area contributed by atoms with Gasteiger partial charge in [0.05, 0.1) is 11.5 Å². The topological polar surface area (TPSA) is 23.6 Å². The number of halogens is 3. The molecule has 0 N–H and O–H groups in total. The zero-order valence-corrected chi connectivity index (χ0v) is 14.4. The SMILES string of the molecule is O=CC(CN1CCN(c2cccc(C(F)(F)F)c2)CC1)c1cccs1. The Morgan fingerprint density at radius 2 is 1.88 bits per heavy atom. The molecule has 0 saturated carbocycles. The van der Waals surface area contributed by atoms with Gasteiger partial charge in [0.25, 0.3) is 0 Å². The van der Waals surface area contributed by atoms with Gasteiger partial charge in [-0.25, -0.2) is 0 Å². The summed E-state index contributed by atoms with van der Waals surface area (Å²) >= 11 is 1.57. The molecule has 1 aliphatic heterocycles. The van der Waals surface area contributed by atoms with Gasteiger partial charge < -0.3 is 9.69 Å². The molecule has 0 amide bonds. The van der Waals surface area contributed by atoms with Gasteiger partial charge in [-0.3, -0.25) is 4.90 Å². The predicted molar refractivity (Wildman–Crippen MR) is 93.2 cm³/mol. The van der Waals surface area contributed by atoms with Crippen LogP contribution in [0.4, 0.5) is 18.9 Å². The van der Waals surface area contributed by atoms with Crippen molar-refractivity contribution in [3.05, 3.63) is 52.2 Å². The van der Waals surface area contributed by atoms with Gasteiger partial charge in [0.15, 0.2) is 0 Å². The minimum Gasteiger partial charge on any atom is -0.369 e. The lowest BCUT2D eigenvalue weighted by Crippen LogP contribution is -2.47. The fraction of sp³-hybridized carbons (Fsp3) is 0.389. The summed E-state index contributed by atoms with van der Waals surface area (Å²) in [7, 11) is 0. The summed E-state index contributed by atoms with van der Waals surface area (Å²) in [5.41, 5.74) is -0.0224. The van der Waals surface area contributed by atoms with Crippen molar-refractivity contribution in [2.45, 2.75) is 12.1 Å². The molecule has 1 unspecified atom stereocenters. The Bertz CT molecular complexity index is 695. The number of anilines is 1. The molecule has 1 atom stereocenters. The third-order valence-electron chi connectivity index (χ3n) is 4.44. The van der Waals surface area contributed by atoms with Gasteiger partial charge in [-0.1, -0.05) is 12.1 Å². The first-order valence-corrected chi connectivity index (χ1v) is 8.98. The van der Waals surface area contributed by atoms with E-state index in [0.717, 1.165) is 30.3 Å². The molecular formula is C18H19F3N2OS. The zero-order chi connectivity index (χ0) is 17.9. The van der Waals surface area contributed by atoms with Gasteiger partial charge in [-0.2, -0.15) is 13.2 Å². The van der Waals surface area contributed by atoms with Crippen molar-refractivity contribution in [2.75, 3.05) is 37.6 Å². The van der Waals surface area contributed by atoms with Crippen molar-refractivity contribution < 1.29 is 18.0 Å². The molecule has 1 fully saturated rings. The van der Waals surface area contributed by atoms with Crippen LogP contribution in [0.1, 0.15) is 16.4 Å². The first kappa shape index (κ1) is 17.9. The molecule has 3 nitrogen and oxygen atoms in total. The fourth-order valence-electron chi connectivity index (χ4n) is 3.05. The van der Waals surface area contributed by atoms with Gasteiger partial charge >= 0.3 is 6.18 Å². The van der Waals surface area contributed by atoms with Crippen molar-refractivity contribution in [1.29, 1.82) is 0 Å². The van der Waals surface area contributed by atoms with Crippen LogP contribution in [-0.2, 0) is 11.0 Å². The van der Waals surface area contributed by atoms with Crippen LogP contribution >= 0.6 is 11.3 Å². The molecule has 2 aromatic rings. The monoisotopic (exact) mass is 368 g/mol. The van der Waals surface area contributed by atoms with Gasteiger partial charge in [0.2, 0.25) is 0 Å². The normalized spacial score (nSPS) is 17.5. The Kier molecular flexibility index (Phi) is 5.44. The predicted octanol–water partition coefficient (Wildman–Crippen LogP) is 3.87. The number of hydrogen-bond donors (Lipinski definition) is 0. The molecule has 1 saturated heterocycles. The highest BCUT2D eigenvalue weighted by atomic mass is 32.1. The first-order chi connectivity index (χ1) is 12.0. The van der Waals surface area contributed by atoms with Crippen LogP contribution in [0.25, 0.3) is 0 Å². The number of nitrogens with zero attached hydrogens (tertiary/aromatic N) is 2. The fourth-order valence-corrected chi connectivity index (χ4v) is 3.82. The van der Waals surface area contributed by atoms with Crippen LogP contribution in [0, 0.1) is 0 Å². The van der Waals surface area contributed by atoms with E-state index >= 15 is 0 Å². The maximum atomic E-state index is 12.9. The highest BCUT2D eigenvalue weighted by molar-refractivity contribution is 7.10. The van der Waals surface area contributed by atoms with E-state index in [2.05, 4.69) is 4.90 Å². The van der Waals surface area contributed by atoms with E-state index in [1.54, 1.807) is 17.4 Å². The number of carbonyl (C=O) groups is 1. The maximum Gasteiger partial charge on any atom is 0.416 e. The molecule has 1 aliphatic rings. The van der Waals surface area contributed by atoms with Gasteiger partial charge in [0.1, 0.15) is 6.29 Å². The number of carbonyl (C=O) groups excluding carboxylic acids is 1. The highest BCUT2D eigenvalue weighted by Crippen LogP contribution is 2.32. The lowest BCUT2D eigenvalue weighted by atomic mass is 10.1. The van der Waals surface area contributed by atoms with Crippen LogP contribution in [0.15, 0.2) is 41.8 Å². The van der Waals surface area contributed by atoms with Gasteiger partial charge in [-0.15, -0.1) is 11.3 Å². The minimum atomic E-state index is -4.32. The molecule has 134 valence electrons. The largest absolute Gasteiger partial charge is 0.416 e. The summed E-state index contributed by atoms with van der Waals surface area (Å²) in [5.74, 6) is -0.139. The Balaban J connectivity index is 1.59. The van der Waals surface area contributed by atoms with E-state index in [4.69, 9.17) is 0 Å². The van der Waals surface area contributed by atoms with Crippen molar-refractivity contribution >= 4 is 23.3 Å². The summed E-state index contributed by atoms with van der Waals surface area (Å²) in [6.07, 6.45) is -3.35. The van der Waals surface area contributed by atoms with Crippen LogP contribution < -0.4 is 4.90 Å². The van der Waals surface area contributed by atoms with E-state index in [1.165, 1.54) is 12.1 Å². The zero-order valence-electron chi connectivity index (χ0n) is 13.6. The Morgan fingerprint density at radius 3 is 2.48 bits per heavy atom. The second-order valence-corrected chi connectivity index (χ2v) is 7.07. The number of benzene rings is 1. The molecule has 1 aromatic carbocycles. The molecule has 7 heteroatoms. The van der Waals surface area contributed by atoms with E-state index in [9.17, 15) is 18.0 Å². The number of piperazine rings is 1. The maximum absolute atomic E-state index is 12.9. The molecule has 1 aromatic heterocycles. The van der Waals surface area contributed by atoms with Crippen LogP contribution in [-0.4, -0.2) is 43.9 Å². The molecule has 25 heavy (non-hydrogen) atoms. The average molecular weight is 368 g/mol. The third kappa shape index (κ3) is 4.41. The molecule has 0 aliphatic carbocycles. The second-order valence-electron chi connectivity index (χ2n) is 6.09. The minimum absolute atomic E-state index is 0.139. The molecule has 2 heterocycles. The standard InChI is InChI=1S/C18H19F3N2OS/c19-18(20,21)15-3-1-4-16(11-15)23-8-6-22(7-9-23)12-14(13-24)17-5-2-10-25-17/h1-5,10-11,13-14H,6-9,12H2. The molecule has 3 rings (SSSR count). The van der Waals surface area contributed by atoms with Gasteiger partial charge in [-0.05, 0) is 29.6 Å². The molecule has 0 spiro atoms. The number of rotatable bonds is 5. The Hall–Kier alpha value is -1.86. The second kappa shape index (κ2) is 7.58. The molecular weight excluding hydrogens is 349 g/mol. The number of alkyl halides is 3. The summed E-state index contributed by atoms with van der Waals surface area (Å²) in [6.45, 7) is 3.41. The van der Waals surface area contributed by atoms with E-state index < -0.39 is 11.7 Å². The van der Waals surface area contributed by atoms with Crippen LogP contribution in [0.3, 0.4) is 0 Å². The molecule has 0 radical (unpaired) electrons. The molecule has 0 bridgehead atoms. The van der Waals surface area contributed by atoms with E-state index in [-0.39, 0.29) is 5.92 Å². The quantitative estimate of drug-likeness (QED) is 0.749. The Morgan fingerprint density at radius 1 is 1.12 bits per heavy atom. The summed E-state index contributed by atoms with van der Waals surface area (Å²) < 4.78 is 38.6. The van der Waals surface area contributed by atoms with E-state index in [0.29, 0.717) is 25.3 Å². The van der Waals surface area contributed by atoms with E-state index in [1.807, 2.05) is 22.4 Å². The van der Waals surface area contributed by atoms with Crippen molar-refractivity contribution in [2.24, 2.45) is 0 Å². The summed E-state index contributed by atoms with van der Waals surface area (Å²) in [5, 5.41) is 1.96. The number of aldehydes is 1. The third-order valence-corrected chi connectivity index (χ3v) is 5.44. The number of hydrogen-bond acceptors (Lipinski definition) is 4. The van der Waals surface area contributed by atoms with Crippen LogP contribution in [0.5, 0.6) is 0 Å². The van der Waals surface area contributed by atoms with Gasteiger partial charge in [0, 0.05) is 43.3 Å². The lowest BCUT2D eigenvalue weighted by molar-refractivity contribution is -0.137. The summed E-state index contributed by atoms with van der Waals surface area (Å²) in [4.78, 5) is 16.6. The summed E-state index contributed by atoms with van der Waals surface area (Å²) in [6, 6.07) is 9.35. The average Bonchev–Trinajstić information content (AvgIpc) is 3.14. The van der Waals surface area contributed by atoms with Crippen molar-refractivity contribution in [3.8, 4) is 0 Å². The highest BCUT2D eigenvalue weighted by Gasteiger charge is 2.31. The van der Waals surface area contributed by atoms with Crippen molar-refractivity contribution in [3.63, 3.8) is 0 Å². The Labute approximate surface area is 148 Å². The first-order valence-electron chi connectivity index (χ1n) is 8.10. The number of thiophene rings is 1. The van der Waals surface area contributed by atoms with Crippen LogP contribution in [0.2, 0.25) is 0 Å².